The van der Waals surface area contributed by atoms with Crippen molar-refractivity contribution in [2.45, 2.75) is 13.5 Å². The zero-order chi connectivity index (χ0) is 13.0. The van der Waals surface area contributed by atoms with Gasteiger partial charge in [-0.2, -0.15) is 0 Å². The molecule has 18 heavy (non-hydrogen) atoms. The van der Waals surface area contributed by atoms with Crippen LogP contribution in [0, 0.1) is 5.82 Å². The maximum absolute atomic E-state index is 12.9. The number of rotatable bonds is 4. The second-order valence-corrected chi connectivity index (χ2v) is 3.95. The SMILES string of the molecule is CCN(c1ccc(F)cc1)c1ccc(CN)cn1. The molecule has 1 aromatic carbocycles. The maximum atomic E-state index is 12.9. The van der Waals surface area contributed by atoms with E-state index in [0.29, 0.717) is 6.54 Å². The summed E-state index contributed by atoms with van der Waals surface area (Å²) in [5.74, 6) is 0.600. The van der Waals surface area contributed by atoms with E-state index in [1.807, 2.05) is 24.0 Å². The Balaban J connectivity index is 2.29. The molecular weight excluding hydrogens is 229 g/mol. The summed E-state index contributed by atoms with van der Waals surface area (Å²) in [5.41, 5.74) is 7.46. The van der Waals surface area contributed by atoms with Crippen molar-refractivity contribution in [3.63, 3.8) is 0 Å². The van der Waals surface area contributed by atoms with Gasteiger partial charge in [0, 0.05) is 25.0 Å². The molecule has 2 N–H and O–H groups in total. The summed E-state index contributed by atoms with van der Waals surface area (Å²) in [6, 6.07) is 10.3. The predicted molar refractivity (Wildman–Crippen MR) is 71.2 cm³/mol. The number of nitrogens with two attached hydrogens (primary N) is 1. The Labute approximate surface area is 106 Å². The van der Waals surface area contributed by atoms with Gasteiger partial charge in [-0.1, -0.05) is 6.07 Å². The molecule has 0 saturated carbocycles. The Morgan fingerprint density at radius 3 is 2.39 bits per heavy atom. The molecule has 0 bridgehead atoms. The van der Waals surface area contributed by atoms with Crippen molar-refractivity contribution >= 4 is 11.5 Å². The molecular formula is C14H16FN3. The summed E-state index contributed by atoms with van der Waals surface area (Å²) in [5, 5.41) is 0. The number of anilines is 2. The summed E-state index contributed by atoms with van der Waals surface area (Å²) in [6.45, 7) is 3.28. The molecule has 2 rings (SSSR count). The van der Waals surface area contributed by atoms with Crippen LogP contribution in [-0.4, -0.2) is 11.5 Å². The van der Waals surface area contributed by atoms with Crippen molar-refractivity contribution < 1.29 is 4.39 Å². The van der Waals surface area contributed by atoms with Crippen LogP contribution in [0.3, 0.4) is 0 Å². The average Bonchev–Trinajstić information content (AvgIpc) is 2.42. The van der Waals surface area contributed by atoms with Crippen molar-refractivity contribution in [2.24, 2.45) is 5.73 Å². The molecule has 4 heteroatoms. The molecule has 1 heterocycles. The highest BCUT2D eigenvalue weighted by atomic mass is 19.1. The summed E-state index contributed by atoms with van der Waals surface area (Å²) in [7, 11) is 0. The molecule has 0 radical (unpaired) electrons. The first-order valence-electron chi connectivity index (χ1n) is 5.92. The average molecular weight is 245 g/mol. The van der Waals surface area contributed by atoms with Gasteiger partial charge < -0.3 is 10.6 Å². The molecule has 2 aromatic rings. The van der Waals surface area contributed by atoms with Crippen LogP contribution in [0.2, 0.25) is 0 Å². The van der Waals surface area contributed by atoms with E-state index < -0.39 is 0 Å². The van der Waals surface area contributed by atoms with Crippen LogP contribution in [0.1, 0.15) is 12.5 Å². The van der Waals surface area contributed by atoms with E-state index in [-0.39, 0.29) is 5.82 Å². The van der Waals surface area contributed by atoms with Crippen LogP contribution >= 0.6 is 0 Å². The molecule has 1 aromatic heterocycles. The molecule has 0 spiro atoms. The minimum absolute atomic E-state index is 0.235. The summed E-state index contributed by atoms with van der Waals surface area (Å²) in [6.07, 6.45) is 1.77. The summed E-state index contributed by atoms with van der Waals surface area (Å²) >= 11 is 0. The third-order valence-corrected chi connectivity index (χ3v) is 2.78. The van der Waals surface area contributed by atoms with Gasteiger partial charge in [-0.15, -0.1) is 0 Å². The first-order chi connectivity index (χ1) is 8.74. The van der Waals surface area contributed by atoms with Gasteiger partial charge in [0.15, 0.2) is 0 Å². The molecule has 0 saturated heterocycles. The highest BCUT2D eigenvalue weighted by molar-refractivity contribution is 5.59. The smallest absolute Gasteiger partial charge is 0.132 e. The monoisotopic (exact) mass is 245 g/mol. The molecule has 0 amide bonds. The third-order valence-electron chi connectivity index (χ3n) is 2.78. The fraction of sp³-hybridized carbons (Fsp3) is 0.214. The van der Waals surface area contributed by atoms with Crippen LogP contribution in [0.15, 0.2) is 42.6 Å². The van der Waals surface area contributed by atoms with E-state index in [2.05, 4.69) is 4.98 Å². The van der Waals surface area contributed by atoms with E-state index in [1.165, 1.54) is 12.1 Å². The van der Waals surface area contributed by atoms with Crippen LogP contribution < -0.4 is 10.6 Å². The predicted octanol–water partition coefficient (Wildman–Crippen LogP) is 2.84. The molecule has 0 aliphatic heterocycles. The van der Waals surface area contributed by atoms with E-state index in [4.69, 9.17) is 5.73 Å². The van der Waals surface area contributed by atoms with Gasteiger partial charge in [-0.05, 0) is 42.8 Å². The maximum Gasteiger partial charge on any atom is 0.132 e. The highest BCUT2D eigenvalue weighted by Gasteiger charge is 2.08. The summed E-state index contributed by atoms with van der Waals surface area (Å²) in [4.78, 5) is 6.39. The number of nitrogens with zero attached hydrogens (tertiary/aromatic N) is 2. The van der Waals surface area contributed by atoms with Crippen molar-refractivity contribution in [3.8, 4) is 0 Å². The molecule has 0 aliphatic rings. The Kier molecular flexibility index (Phi) is 3.89. The van der Waals surface area contributed by atoms with Crippen molar-refractivity contribution in [3.05, 3.63) is 54.0 Å². The van der Waals surface area contributed by atoms with Gasteiger partial charge in [0.2, 0.25) is 0 Å². The Hall–Kier alpha value is -1.94. The first kappa shape index (κ1) is 12.5. The van der Waals surface area contributed by atoms with Gasteiger partial charge in [0.25, 0.3) is 0 Å². The van der Waals surface area contributed by atoms with E-state index in [0.717, 1.165) is 23.6 Å². The number of aromatic nitrogens is 1. The first-order valence-corrected chi connectivity index (χ1v) is 5.92. The van der Waals surface area contributed by atoms with E-state index >= 15 is 0 Å². The van der Waals surface area contributed by atoms with Crippen molar-refractivity contribution in [1.82, 2.24) is 4.98 Å². The van der Waals surface area contributed by atoms with Crippen LogP contribution in [0.5, 0.6) is 0 Å². The molecule has 0 fully saturated rings. The normalized spacial score (nSPS) is 10.4. The molecule has 0 aliphatic carbocycles. The second-order valence-electron chi connectivity index (χ2n) is 3.95. The fourth-order valence-electron chi connectivity index (χ4n) is 1.79. The third kappa shape index (κ3) is 2.65. The zero-order valence-corrected chi connectivity index (χ0v) is 10.3. The summed E-state index contributed by atoms with van der Waals surface area (Å²) < 4.78 is 12.9. The molecule has 94 valence electrons. The van der Waals surface area contributed by atoms with Gasteiger partial charge in [-0.3, -0.25) is 0 Å². The van der Waals surface area contributed by atoms with Gasteiger partial charge >= 0.3 is 0 Å². The van der Waals surface area contributed by atoms with Crippen LogP contribution in [0.4, 0.5) is 15.9 Å². The lowest BCUT2D eigenvalue weighted by Gasteiger charge is -2.22. The van der Waals surface area contributed by atoms with Gasteiger partial charge in [0.1, 0.15) is 11.6 Å². The number of hydrogen-bond acceptors (Lipinski definition) is 3. The highest BCUT2D eigenvalue weighted by Crippen LogP contribution is 2.23. The number of benzene rings is 1. The number of halogens is 1. The quantitative estimate of drug-likeness (QED) is 0.900. The number of pyridine rings is 1. The van der Waals surface area contributed by atoms with Crippen LogP contribution in [0.25, 0.3) is 0 Å². The Morgan fingerprint density at radius 1 is 1.17 bits per heavy atom. The van der Waals surface area contributed by atoms with Crippen molar-refractivity contribution in [2.75, 3.05) is 11.4 Å². The Morgan fingerprint density at radius 2 is 1.89 bits per heavy atom. The minimum atomic E-state index is -0.235. The lowest BCUT2D eigenvalue weighted by atomic mass is 10.2. The molecule has 3 nitrogen and oxygen atoms in total. The molecule has 0 unspecified atom stereocenters. The second kappa shape index (κ2) is 5.60. The molecule has 0 atom stereocenters. The Bertz CT molecular complexity index is 493. The zero-order valence-electron chi connectivity index (χ0n) is 10.3. The standard InChI is InChI=1S/C14H16FN3/c1-2-18(13-6-4-12(15)5-7-13)14-8-3-11(9-16)10-17-14/h3-8,10H,2,9,16H2,1H3. The van der Waals surface area contributed by atoms with Gasteiger partial charge in [-0.25, -0.2) is 9.37 Å². The van der Waals surface area contributed by atoms with E-state index in [1.54, 1.807) is 18.3 Å². The fourth-order valence-corrected chi connectivity index (χ4v) is 1.79. The van der Waals surface area contributed by atoms with Crippen LogP contribution in [-0.2, 0) is 6.54 Å². The number of hydrogen-bond donors (Lipinski definition) is 1. The van der Waals surface area contributed by atoms with Crippen molar-refractivity contribution in [1.29, 1.82) is 0 Å². The van der Waals surface area contributed by atoms with E-state index in [9.17, 15) is 4.39 Å². The lowest BCUT2D eigenvalue weighted by Crippen LogP contribution is -2.17. The van der Waals surface area contributed by atoms with Gasteiger partial charge in [0.05, 0.1) is 0 Å². The minimum Gasteiger partial charge on any atom is -0.327 e. The largest absolute Gasteiger partial charge is 0.327 e. The lowest BCUT2D eigenvalue weighted by molar-refractivity contribution is 0.628. The topological polar surface area (TPSA) is 42.1 Å².